The molecule has 0 bridgehead atoms. The molecule has 0 unspecified atom stereocenters. The number of nitrogens with two attached hydrogens (primary N) is 1. The van der Waals surface area contributed by atoms with Crippen molar-refractivity contribution >= 4 is 28.6 Å². The van der Waals surface area contributed by atoms with Gasteiger partial charge in [0.05, 0.1) is 19.0 Å². The van der Waals surface area contributed by atoms with Crippen LogP contribution in [0.5, 0.6) is 5.75 Å². The number of anilines is 3. The van der Waals surface area contributed by atoms with Crippen molar-refractivity contribution in [2.75, 3.05) is 30.0 Å². The van der Waals surface area contributed by atoms with Crippen LogP contribution in [0.3, 0.4) is 0 Å². The largest absolute Gasteiger partial charge is 0.497 e. The first-order valence-electron chi connectivity index (χ1n) is 10.0. The number of nitrogens with zero attached hydrogens (tertiary/aromatic N) is 4. The summed E-state index contributed by atoms with van der Waals surface area (Å²) in [6.45, 7) is 8.72. The molecule has 0 saturated heterocycles. The van der Waals surface area contributed by atoms with E-state index < -0.39 is 5.60 Å². The van der Waals surface area contributed by atoms with E-state index in [1.807, 2.05) is 22.8 Å². The van der Waals surface area contributed by atoms with Gasteiger partial charge in [-0.15, -0.1) is 0 Å². The molecule has 162 valence electrons. The quantitative estimate of drug-likeness (QED) is 0.394. The number of rotatable bonds is 9. The number of fused-ring (bicyclic) bond motifs is 1. The maximum atomic E-state index is 9.96. The van der Waals surface area contributed by atoms with Gasteiger partial charge in [0.1, 0.15) is 5.75 Å². The number of ether oxygens (including phenoxy) is 1. The monoisotopic (exact) mass is 413 g/mol. The highest BCUT2D eigenvalue weighted by molar-refractivity contribution is 5.84. The highest BCUT2D eigenvalue weighted by Crippen LogP contribution is 2.25. The smallest absolute Gasteiger partial charge is 0.226 e. The molecule has 0 aliphatic carbocycles. The minimum absolute atomic E-state index is 0.205. The fourth-order valence-electron chi connectivity index (χ4n) is 3.02. The van der Waals surface area contributed by atoms with Gasteiger partial charge in [-0.2, -0.15) is 9.97 Å². The first-order chi connectivity index (χ1) is 14.2. The molecule has 0 aliphatic heterocycles. The molecule has 3 aromatic rings. The first-order valence-corrected chi connectivity index (χ1v) is 10.0. The molecule has 0 amide bonds. The standard InChI is InChI=1S/C21H31N7O2/c1-13(2)28-12-25-17-18(24-11-14-10-15(30-5)6-7-16(14)22)26-20(27-19(17)28)23-9-8-21(3,4)29/h6-7,10,12-13,29H,8-9,11,22H2,1-5H3,(H2,23,24,26,27). The van der Waals surface area contributed by atoms with E-state index in [4.69, 9.17) is 10.5 Å². The molecule has 2 heterocycles. The minimum Gasteiger partial charge on any atom is -0.497 e. The lowest BCUT2D eigenvalue weighted by Crippen LogP contribution is -2.23. The van der Waals surface area contributed by atoms with E-state index in [2.05, 4.69) is 39.4 Å². The second-order valence-electron chi connectivity index (χ2n) is 8.22. The normalized spacial score (nSPS) is 11.8. The van der Waals surface area contributed by atoms with Crippen LogP contribution >= 0.6 is 0 Å². The maximum Gasteiger partial charge on any atom is 0.226 e. The summed E-state index contributed by atoms with van der Waals surface area (Å²) in [4.78, 5) is 13.8. The Labute approximate surface area is 176 Å². The molecular formula is C21H31N7O2. The third-order valence-electron chi connectivity index (χ3n) is 4.79. The fourth-order valence-corrected chi connectivity index (χ4v) is 3.02. The van der Waals surface area contributed by atoms with Crippen molar-refractivity contribution in [1.82, 2.24) is 19.5 Å². The lowest BCUT2D eigenvalue weighted by molar-refractivity contribution is 0.0748. The molecule has 2 aromatic heterocycles. The van der Waals surface area contributed by atoms with Crippen LogP contribution in [0.4, 0.5) is 17.5 Å². The summed E-state index contributed by atoms with van der Waals surface area (Å²) >= 11 is 0. The molecule has 3 rings (SSSR count). The highest BCUT2D eigenvalue weighted by Gasteiger charge is 2.16. The fraction of sp³-hybridized carbons (Fsp3) is 0.476. The molecule has 1 aromatic carbocycles. The van der Waals surface area contributed by atoms with Gasteiger partial charge in [-0.1, -0.05) is 0 Å². The maximum absolute atomic E-state index is 9.96. The molecule has 0 spiro atoms. The van der Waals surface area contributed by atoms with Crippen molar-refractivity contribution in [3.8, 4) is 5.75 Å². The number of nitrogen functional groups attached to an aromatic ring is 1. The topological polar surface area (TPSA) is 123 Å². The van der Waals surface area contributed by atoms with E-state index in [9.17, 15) is 5.11 Å². The molecule has 0 radical (unpaired) electrons. The van der Waals surface area contributed by atoms with Gasteiger partial charge in [-0.25, -0.2) is 4.98 Å². The summed E-state index contributed by atoms with van der Waals surface area (Å²) in [6, 6.07) is 5.76. The molecular weight excluding hydrogens is 382 g/mol. The van der Waals surface area contributed by atoms with Crippen LogP contribution in [-0.2, 0) is 6.54 Å². The van der Waals surface area contributed by atoms with Crippen molar-refractivity contribution < 1.29 is 9.84 Å². The highest BCUT2D eigenvalue weighted by atomic mass is 16.5. The third-order valence-corrected chi connectivity index (χ3v) is 4.79. The Hall–Kier alpha value is -3.07. The van der Waals surface area contributed by atoms with Gasteiger partial charge in [0.15, 0.2) is 17.0 Å². The molecule has 0 aliphatic rings. The Balaban J connectivity index is 1.90. The number of nitrogens with one attached hydrogen (secondary N) is 2. The van der Waals surface area contributed by atoms with Crippen LogP contribution in [0.1, 0.15) is 45.7 Å². The zero-order valence-electron chi connectivity index (χ0n) is 18.2. The van der Waals surface area contributed by atoms with E-state index in [1.54, 1.807) is 27.3 Å². The Morgan fingerprint density at radius 2 is 2.00 bits per heavy atom. The number of benzene rings is 1. The Kier molecular flexibility index (Phi) is 6.31. The van der Waals surface area contributed by atoms with Crippen LogP contribution in [0.2, 0.25) is 0 Å². The molecule has 9 heteroatoms. The molecule has 9 nitrogen and oxygen atoms in total. The zero-order chi connectivity index (χ0) is 21.9. The van der Waals surface area contributed by atoms with E-state index in [1.165, 1.54) is 0 Å². The summed E-state index contributed by atoms with van der Waals surface area (Å²) < 4.78 is 7.30. The van der Waals surface area contributed by atoms with Crippen molar-refractivity contribution in [3.05, 3.63) is 30.1 Å². The summed E-state index contributed by atoms with van der Waals surface area (Å²) in [5.41, 5.74) is 8.36. The van der Waals surface area contributed by atoms with E-state index in [0.717, 1.165) is 17.0 Å². The number of methoxy groups -OCH3 is 1. The lowest BCUT2D eigenvalue weighted by atomic mass is 10.1. The predicted molar refractivity (Wildman–Crippen MR) is 120 cm³/mol. The summed E-state index contributed by atoms with van der Waals surface area (Å²) in [5, 5.41) is 16.5. The second kappa shape index (κ2) is 8.74. The van der Waals surface area contributed by atoms with Gasteiger partial charge >= 0.3 is 0 Å². The van der Waals surface area contributed by atoms with Crippen LogP contribution in [0.25, 0.3) is 11.2 Å². The Bertz CT molecular complexity index is 1010. The molecule has 5 N–H and O–H groups in total. The van der Waals surface area contributed by atoms with Gasteiger partial charge < -0.3 is 30.8 Å². The van der Waals surface area contributed by atoms with Crippen LogP contribution in [0, 0.1) is 0 Å². The Morgan fingerprint density at radius 3 is 2.67 bits per heavy atom. The van der Waals surface area contributed by atoms with E-state index >= 15 is 0 Å². The average molecular weight is 414 g/mol. The van der Waals surface area contributed by atoms with Crippen molar-refractivity contribution in [1.29, 1.82) is 0 Å². The van der Waals surface area contributed by atoms with Gasteiger partial charge in [0, 0.05) is 24.8 Å². The lowest BCUT2D eigenvalue weighted by Gasteiger charge is -2.17. The number of aliphatic hydroxyl groups is 1. The Morgan fingerprint density at radius 1 is 1.23 bits per heavy atom. The van der Waals surface area contributed by atoms with Gasteiger partial charge in [0.2, 0.25) is 5.95 Å². The molecule has 30 heavy (non-hydrogen) atoms. The number of imidazole rings is 1. The van der Waals surface area contributed by atoms with Crippen LogP contribution in [0.15, 0.2) is 24.5 Å². The summed E-state index contributed by atoms with van der Waals surface area (Å²) in [7, 11) is 1.63. The summed E-state index contributed by atoms with van der Waals surface area (Å²) in [5.74, 6) is 1.84. The average Bonchev–Trinajstić information content (AvgIpc) is 3.10. The molecule has 0 fully saturated rings. The predicted octanol–water partition coefficient (Wildman–Crippen LogP) is 3.18. The number of hydrogen-bond donors (Lipinski definition) is 4. The molecule has 0 atom stereocenters. The SMILES string of the molecule is COc1ccc(N)c(CNc2nc(NCCC(C)(C)O)nc3c2ncn3C(C)C)c1. The van der Waals surface area contributed by atoms with E-state index in [-0.39, 0.29) is 6.04 Å². The van der Waals surface area contributed by atoms with Crippen molar-refractivity contribution in [2.24, 2.45) is 0 Å². The van der Waals surface area contributed by atoms with Crippen LogP contribution in [-0.4, -0.2) is 43.9 Å². The number of hydrogen-bond acceptors (Lipinski definition) is 8. The minimum atomic E-state index is -0.762. The first kappa shape index (κ1) is 21.6. The zero-order valence-corrected chi connectivity index (χ0v) is 18.2. The second-order valence-corrected chi connectivity index (χ2v) is 8.22. The third kappa shape index (κ3) is 5.10. The number of aromatic nitrogens is 4. The van der Waals surface area contributed by atoms with Crippen molar-refractivity contribution in [3.63, 3.8) is 0 Å². The van der Waals surface area contributed by atoms with E-state index in [0.29, 0.717) is 42.5 Å². The van der Waals surface area contributed by atoms with Gasteiger partial charge in [-0.3, -0.25) is 0 Å². The van der Waals surface area contributed by atoms with Crippen molar-refractivity contribution in [2.45, 2.75) is 52.3 Å². The summed E-state index contributed by atoms with van der Waals surface area (Å²) in [6.07, 6.45) is 2.34. The van der Waals surface area contributed by atoms with Gasteiger partial charge in [-0.05, 0) is 57.9 Å². The van der Waals surface area contributed by atoms with Gasteiger partial charge in [0.25, 0.3) is 0 Å². The molecule has 0 saturated carbocycles. The van der Waals surface area contributed by atoms with Crippen LogP contribution < -0.4 is 21.1 Å².